The maximum atomic E-state index is 12.3. The number of fused-ring (bicyclic) bond motifs is 1. The maximum absolute atomic E-state index is 12.3. The number of amides is 2. The summed E-state index contributed by atoms with van der Waals surface area (Å²) < 4.78 is 44.9. The first-order valence-electron chi connectivity index (χ1n) is 8.09. The van der Waals surface area contributed by atoms with Gasteiger partial charge in [-0.25, -0.2) is 0 Å². The molecule has 2 amide bonds. The van der Waals surface area contributed by atoms with E-state index < -0.39 is 24.5 Å². The quantitative estimate of drug-likeness (QED) is 0.753. The van der Waals surface area contributed by atoms with Crippen molar-refractivity contribution in [3.05, 3.63) is 48.0 Å². The minimum Gasteiger partial charge on any atom is -0.493 e. The third kappa shape index (κ3) is 4.40. The Hall–Kier alpha value is -3.56. The number of hydrogen-bond donors (Lipinski definition) is 2. The molecule has 148 valence electrons. The van der Waals surface area contributed by atoms with Gasteiger partial charge in [0, 0.05) is 5.56 Å². The van der Waals surface area contributed by atoms with Crippen LogP contribution in [0.25, 0.3) is 0 Å². The van der Waals surface area contributed by atoms with E-state index in [-0.39, 0.29) is 23.7 Å². The van der Waals surface area contributed by atoms with Crippen LogP contribution in [0, 0.1) is 0 Å². The van der Waals surface area contributed by atoms with Gasteiger partial charge in [0.15, 0.2) is 23.0 Å². The summed E-state index contributed by atoms with van der Waals surface area (Å²) in [6.45, 7) is -3.05. The lowest BCUT2D eigenvalue weighted by molar-refractivity contribution is -0.131. The number of ether oxygens (including phenoxy) is 4. The SMILES string of the molecule is COc1cc(C(=O)NNC(=O)[C@H]2COc3ccccc3O2)ccc1OC(F)F. The molecule has 0 spiro atoms. The molecule has 0 aromatic heterocycles. The van der Waals surface area contributed by atoms with E-state index in [1.54, 1.807) is 24.3 Å². The predicted octanol–water partition coefficient (Wildman–Crippen LogP) is 1.90. The standard InChI is InChI=1S/C18H16F2N2O6/c1-25-14-8-10(6-7-13(14)28-18(19)20)16(23)21-22-17(24)15-9-26-11-4-2-3-5-12(11)27-15/h2-8,15,18H,9H2,1H3,(H,21,23)(H,22,24)/t15-/m1/s1. The Morgan fingerprint density at radius 2 is 1.86 bits per heavy atom. The lowest BCUT2D eigenvalue weighted by Crippen LogP contribution is -2.50. The van der Waals surface area contributed by atoms with Gasteiger partial charge in [-0.1, -0.05) is 12.1 Å². The van der Waals surface area contributed by atoms with Crippen LogP contribution in [-0.4, -0.2) is 38.2 Å². The number of hydrazine groups is 1. The molecule has 0 unspecified atom stereocenters. The third-order valence-electron chi connectivity index (χ3n) is 3.74. The first-order chi connectivity index (χ1) is 13.5. The lowest BCUT2D eigenvalue weighted by atomic mass is 10.2. The topological polar surface area (TPSA) is 95.1 Å². The van der Waals surface area contributed by atoms with Crippen molar-refractivity contribution >= 4 is 11.8 Å². The van der Waals surface area contributed by atoms with Crippen LogP contribution in [0.5, 0.6) is 23.0 Å². The summed E-state index contributed by atoms with van der Waals surface area (Å²) in [4.78, 5) is 24.4. The molecule has 1 heterocycles. The van der Waals surface area contributed by atoms with Gasteiger partial charge >= 0.3 is 6.61 Å². The van der Waals surface area contributed by atoms with E-state index in [4.69, 9.17) is 14.2 Å². The summed E-state index contributed by atoms with van der Waals surface area (Å²) in [6.07, 6.45) is -0.952. The van der Waals surface area contributed by atoms with Gasteiger partial charge in [-0.3, -0.25) is 20.4 Å². The fraction of sp³-hybridized carbons (Fsp3) is 0.222. The second-order valence-electron chi connectivity index (χ2n) is 5.55. The number of carbonyl (C=O) groups excluding carboxylic acids is 2. The van der Waals surface area contributed by atoms with Crippen LogP contribution in [0.3, 0.4) is 0 Å². The number of para-hydroxylation sites is 2. The van der Waals surface area contributed by atoms with Gasteiger partial charge in [-0.05, 0) is 30.3 Å². The molecule has 0 fully saturated rings. The Kier molecular flexibility index (Phi) is 5.78. The van der Waals surface area contributed by atoms with Crippen molar-refractivity contribution in [2.45, 2.75) is 12.7 Å². The highest BCUT2D eigenvalue weighted by molar-refractivity contribution is 5.96. The van der Waals surface area contributed by atoms with E-state index in [0.717, 1.165) is 6.07 Å². The Balaban J connectivity index is 1.59. The van der Waals surface area contributed by atoms with Gasteiger partial charge in [0.25, 0.3) is 11.8 Å². The van der Waals surface area contributed by atoms with Crippen LogP contribution >= 0.6 is 0 Å². The van der Waals surface area contributed by atoms with Crippen molar-refractivity contribution in [1.29, 1.82) is 0 Å². The zero-order chi connectivity index (χ0) is 20.1. The molecule has 2 N–H and O–H groups in total. The van der Waals surface area contributed by atoms with Crippen LogP contribution in [-0.2, 0) is 4.79 Å². The molecule has 1 aliphatic heterocycles. The molecular formula is C18H16F2N2O6. The maximum Gasteiger partial charge on any atom is 0.387 e. The summed E-state index contributed by atoms with van der Waals surface area (Å²) in [5.74, 6) is -0.641. The number of hydrogen-bond acceptors (Lipinski definition) is 6. The Labute approximate surface area is 158 Å². The number of carbonyl (C=O) groups is 2. The van der Waals surface area contributed by atoms with E-state index in [2.05, 4.69) is 15.6 Å². The number of alkyl halides is 2. The molecule has 2 aromatic carbocycles. The van der Waals surface area contributed by atoms with Crippen LogP contribution in [0.4, 0.5) is 8.78 Å². The summed E-state index contributed by atoms with van der Waals surface area (Å²) >= 11 is 0. The minimum atomic E-state index is -3.03. The first-order valence-corrected chi connectivity index (χ1v) is 8.09. The van der Waals surface area contributed by atoms with E-state index in [0.29, 0.717) is 11.5 Å². The predicted molar refractivity (Wildman–Crippen MR) is 91.6 cm³/mol. The molecule has 0 saturated carbocycles. The molecule has 28 heavy (non-hydrogen) atoms. The molecule has 2 aromatic rings. The average Bonchev–Trinajstić information content (AvgIpc) is 2.71. The number of benzene rings is 2. The molecular weight excluding hydrogens is 378 g/mol. The van der Waals surface area contributed by atoms with Crippen LogP contribution < -0.4 is 29.8 Å². The second kappa shape index (κ2) is 8.42. The van der Waals surface area contributed by atoms with Crippen molar-refractivity contribution in [2.24, 2.45) is 0 Å². The fourth-order valence-corrected chi connectivity index (χ4v) is 2.42. The summed E-state index contributed by atoms with van der Waals surface area (Å²) in [5.41, 5.74) is 4.50. The first kappa shape index (κ1) is 19.2. The number of nitrogens with one attached hydrogen (secondary N) is 2. The Morgan fingerprint density at radius 3 is 2.57 bits per heavy atom. The summed E-state index contributed by atoms with van der Waals surface area (Å²) in [7, 11) is 1.25. The molecule has 3 rings (SSSR count). The van der Waals surface area contributed by atoms with Crippen molar-refractivity contribution in [1.82, 2.24) is 10.9 Å². The molecule has 0 saturated heterocycles. The molecule has 0 aliphatic carbocycles. The van der Waals surface area contributed by atoms with Crippen molar-refractivity contribution in [2.75, 3.05) is 13.7 Å². The molecule has 8 nitrogen and oxygen atoms in total. The molecule has 0 bridgehead atoms. The molecule has 1 aliphatic rings. The van der Waals surface area contributed by atoms with Gasteiger partial charge in [0.2, 0.25) is 6.10 Å². The normalized spacial score (nSPS) is 14.9. The highest BCUT2D eigenvalue weighted by atomic mass is 19.3. The van der Waals surface area contributed by atoms with E-state index in [1.165, 1.54) is 19.2 Å². The van der Waals surface area contributed by atoms with Crippen LogP contribution in [0.2, 0.25) is 0 Å². The van der Waals surface area contributed by atoms with Gasteiger partial charge in [0.1, 0.15) is 6.61 Å². The van der Waals surface area contributed by atoms with Crippen molar-refractivity contribution < 1.29 is 37.3 Å². The Bertz CT molecular complexity index is 877. The highest BCUT2D eigenvalue weighted by Gasteiger charge is 2.27. The lowest BCUT2D eigenvalue weighted by Gasteiger charge is -2.25. The van der Waals surface area contributed by atoms with Gasteiger partial charge in [-0.15, -0.1) is 0 Å². The van der Waals surface area contributed by atoms with Crippen molar-refractivity contribution in [3.8, 4) is 23.0 Å². The molecule has 10 heteroatoms. The van der Waals surface area contributed by atoms with Crippen LogP contribution in [0.15, 0.2) is 42.5 Å². The van der Waals surface area contributed by atoms with E-state index in [9.17, 15) is 18.4 Å². The smallest absolute Gasteiger partial charge is 0.387 e. The van der Waals surface area contributed by atoms with Gasteiger partial charge in [-0.2, -0.15) is 8.78 Å². The van der Waals surface area contributed by atoms with Crippen LogP contribution in [0.1, 0.15) is 10.4 Å². The largest absolute Gasteiger partial charge is 0.493 e. The van der Waals surface area contributed by atoms with E-state index in [1.807, 2.05) is 0 Å². The number of methoxy groups -OCH3 is 1. The summed E-state index contributed by atoms with van der Waals surface area (Å²) in [5, 5.41) is 0. The summed E-state index contributed by atoms with van der Waals surface area (Å²) in [6, 6.07) is 10.5. The second-order valence-corrected chi connectivity index (χ2v) is 5.55. The zero-order valence-corrected chi connectivity index (χ0v) is 14.6. The van der Waals surface area contributed by atoms with E-state index >= 15 is 0 Å². The number of halogens is 2. The monoisotopic (exact) mass is 394 g/mol. The minimum absolute atomic E-state index is 0.0216. The van der Waals surface area contributed by atoms with Crippen molar-refractivity contribution in [3.63, 3.8) is 0 Å². The molecule has 0 radical (unpaired) electrons. The number of rotatable bonds is 5. The molecule has 1 atom stereocenters. The third-order valence-corrected chi connectivity index (χ3v) is 3.74. The highest BCUT2D eigenvalue weighted by Crippen LogP contribution is 2.31. The Morgan fingerprint density at radius 1 is 1.11 bits per heavy atom. The fourth-order valence-electron chi connectivity index (χ4n) is 2.42. The van der Waals surface area contributed by atoms with Gasteiger partial charge in [0.05, 0.1) is 7.11 Å². The zero-order valence-electron chi connectivity index (χ0n) is 14.6. The average molecular weight is 394 g/mol. The van der Waals surface area contributed by atoms with Gasteiger partial charge < -0.3 is 18.9 Å².